The number of ether oxygens (including phenoxy) is 1. The molecule has 2 unspecified atom stereocenters. The topological polar surface area (TPSA) is 26.3 Å². The molecule has 0 bridgehead atoms. The van der Waals surface area contributed by atoms with E-state index in [0.29, 0.717) is 6.42 Å². The third-order valence-electron chi connectivity index (χ3n) is 3.87. The van der Waals surface area contributed by atoms with Crippen LogP contribution in [-0.2, 0) is 9.53 Å². The smallest absolute Gasteiger partial charge is 0.305 e. The van der Waals surface area contributed by atoms with E-state index in [9.17, 15) is 9.18 Å². The Labute approximate surface area is 107 Å². The maximum Gasteiger partial charge on any atom is 0.305 e. The lowest BCUT2D eigenvalue weighted by molar-refractivity contribution is -0.142. The van der Waals surface area contributed by atoms with Gasteiger partial charge in [0.2, 0.25) is 0 Å². The predicted molar refractivity (Wildman–Crippen MR) is 67.7 cm³/mol. The van der Waals surface area contributed by atoms with Gasteiger partial charge >= 0.3 is 5.97 Å². The molecule has 0 spiro atoms. The summed E-state index contributed by atoms with van der Waals surface area (Å²) in [6, 6.07) is 6.91. The summed E-state index contributed by atoms with van der Waals surface area (Å²) in [5.74, 6) is 0.0182. The van der Waals surface area contributed by atoms with Gasteiger partial charge in [-0.2, -0.15) is 0 Å². The minimum Gasteiger partial charge on any atom is -0.469 e. The van der Waals surface area contributed by atoms with Crippen molar-refractivity contribution in [1.29, 1.82) is 0 Å². The summed E-state index contributed by atoms with van der Waals surface area (Å²) in [4.78, 5) is 11.4. The van der Waals surface area contributed by atoms with Crippen molar-refractivity contribution in [3.05, 3.63) is 35.6 Å². The molecular formula is C15H19FO2. The number of hydrogen-bond acceptors (Lipinski definition) is 2. The number of carbonyl (C=O) groups excluding carboxylic acids is 1. The molecule has 1 aliphatic rings. The molecular weight excluding hydrogens is 231 g/mol. The third-order valence-corrected chi connectivity index (χ3v) is 3.87. The second-order valence-electron chi connectivity index (χ2n) is 4.95. The third kappa shape index (κ3) is 2.89. The lowest BCUT2D eigenvalue weighted by Gasteiger charge is -2.31. The standard InChI is InChI=1S/C15H19FO2/c1-18-15(17)10-11-6-2-3-7-12(11)13-8-4-5-9-14(13)16/h4-5,8-9,11-12H,2-3,6-7,10H2,1H3. The van der Waals surface area contributed by atoms with Crippen LogP contribution in [-0.4, -0.2) is 13.1 Å². The first kappa shape index (κ1) is 13.1. The summed E-state index contributed by atoms with van der Waals surface area (Å²) in [5.41, 5.74) is 0.756. The first-order valence-electron chi connectivity index (χ1n) is 6.53. The molecule has 0 N–H and O–H groups in total. The molecule has 1 aromatic carbocycles. The number of carbonyl (C=O) groups is 1. The molecule has 1 saturated carbocycles. The van der Waals surface area contributed by atoms with Crippen molar-refractivity contribution in [3.63, 3.8) is 0 Å². The maximum absolute atomic E-state index is 13.9. The van der Waals surface area contributed by atoms with Gasteiger partial charge in [0.1, 0.15) is 5.82 Å². The fourth-order valence-corrected chi connectivity index (χ4v) is 2.93. The van der Waals surface area contributed by atoms with Gasteiger partial charge in [-0.3, -0.25) is 4.79 Å². The van der Waals surface area contributed by atoms with Crippen LogP contribution in [0.5, 0.6) is 0 Å². The lowest BCUT2D eigenvalue weighted by Crippen LogP contribution is -2.22. The largest absolute Gasteiger partial charge is 0.469 e. The van der Waals surface area contributed by atoms with E-state index < -0.39 is 0 Å². The maximum atomic E-state index is 13.9. The summed E-state index contributed by atoms with van der Waals surface area (Å²) in [6.45, 7) is 0. The Kier molecular flexibility index (Phi) is 4.34. The Morgan fingerprint density at radius 3 is 2.78 bits per heavy atom. The number of rotatable bonds is 3. The molecule has 3 heteroatoms. The van der Waals surface area contributed by atoms with Gasteiger partial charge in [0.05, 0.1) is 7.11 Å². The van der Waals surface area contributed by atoms with Crippen molar-refractivity contribution >= 4 is 5.97 Å². The summed E-state index contributed by atoms with van der Waals surface area (Å²) >= 11 is 0. The van der Waals surface area contributed by atoms with E-state index in [2.05, 4.69) is 0 Å². The van der Waals surface area contributed by atoms with E-state index in [0.717, 1.165) is 31.2 Å². The highest BCUT2D eigenvalue weighted by Gasteiger charge is 2.30. The Balaban J connectivity index is 2.17. The molecule has 1 fully saturated rings. The zero-order valence-electron chi connectivity index (χ0n) is 10.7. The highest BCUT2D eigenvalue weighted by atomic mass is 19.1. The van der Waals surface area contributed by atoms with E-state index in [1.165, 1.54) is 13.2 Å². The first-order chi connectivity index (χ1) is 8.72. The number of hydrogen-bond donors (Lipinski definition) is 0. The molecule has 0 aliphatic heterocycles. The molecule has 2 rings (SSSR count). The highest BCUT2D eigenvalue weighted by Crippen LogP contribution is 2.40. The quantitative estimate of drug-likeness (QED) is 0.765. The number of benzene rings is 1. The number of esters is 1. The van der Waals surface area contributed by atoms with Gasteiger partial charge in [0.25, 0.3) is 0 Å². The molecule has 18 heavy (non-hydrogen) atoms. The van der Waals surface area contributed by atoms with E-state index in [4.69, 9.17) is 4.74 Å². The van der Waals surface area contributed by atoms with Crippen LogP contribution < -0.4 is 0 Å². The fourth-order valence-electron chi connectivity index (χ4n) is 2.93. The van der Waals surface area contributed by atoms with Crippen molar-refractivity contribution in [1.82, 2.24) is 0 Å². The van der Waals surface area contributed by atoms with E-state index in [-0.39, 0.29) is 23.6 Å². The van der Waals surface area contributed by atoms with Gasteiger partial charge in [-0.1, -0.05) is 31.0 Å². The van der Waals surface area contributed by atoms with Crippen molar-refractivity contribution in [2.24, 2.45) is 5.92 Å². The molecule has 0 radical (unpaired) electrons. The Hall–Kier alpha value is -1.38. The van der Waals surface area contributed by atoms with Gasteiger partial charge in [0.15, 0.2) is 0 Å². The van der Waals surface area contributed by atoms with Crippen LogP contribution >= 0.6 is 0 Å². The van der Waals surface area contributed by atoms with E-state index >= 15 is 0 Å². The summed E-state index contributed by atoms with van der Waals surface area (Å²) in [5, 5.41) is 0. The van der Waals surface area contributed by atoms with Gasteiger partial charge in [0, 0.05) is 6.42 Å². The Bertz CT molecular complexity index is 417. The predicted octanol–water partition coefficient (Wildman–Crippen LogP) is 3.66. The molecule has 98 valence electrons. The van der Waals surface area contributed by atoms with Crippen LogP contribution in [0.4, 0.5) is 4.39 Å². The highest BCUT2D eigenvalue weighted by molar-refractivity contribution is 5.69. The zero-order chi connectivity index (χ0) is 13.0. The first-order valence-corrected chi connectivity index (χ1v) is 6.53. The lowest BCUT2D eigenvalue weighted by atomic mass is 9.74. The van der Waals surface area contributed by atoms with Crippen LogP contribution in [0.15, 0.2) is 24.3 Å². The minimum absolute atomic E-state index is 0.152. The molecule has 2 atom stereocenters. The molecule has 0 saturated heterocycles. The Morgan fingerprint density at radius 1 is 1.33 bits per heavy atom. The Morgan fingerprint density at radius 2 is 2.06 bits per heavy atom. The number of halogens is 1. The van der Waals surface area contributed by atoms with Crippen molar-refractivity contribution in [2.75, 3.05) is 7.11 Å². The van der Waals surface area contributed by atoms with E-state index in [1.807, 2.05) is 12.1 Å². The van der Waals surface area contributed by atoms with Crippen molar-refractivity contribution in [3.8, 4) is 0 Å². The van der Waals surface area contributed by atoms with Crippen molar-refractivity contribution < 1.29 is 13.9 Å². The van der Waals surface area contributed by atoms with Gasteiger partial charge in [-0.25, -0.2) is 4.39 Å². The van der Waals surface area contributed by atoms with Crippen LogP contribution in [0, 0.1) is 11.7 Å². The fraction of sp³-hybridized carbons (Fsp3) is 0.533. The second kappa shape index (κ2) is 5.98. The summed E-state index contributed by atoms with van der Waals surface area (Å²) < 4.78 is 18.6. The van der Waals surface area contributed by atoms with Crippen LogP contribution in [0.1, 0.15) is 43.6 Å². The minimum atomic E-state index is -0.191. The molecule has 0 aromatic heterocycles. The monoisotopic (exact) mass is 250 g/mol. The molecule has 1 aromatic rings. The summed E-state index contributed by atoms with van der Waals surface area (Å²) in [6.07, 6.45) is 4.56. The van der Waals surface area contributed by atoms with E-state index in [1.54, 1.807) is 6.07 Å². The number of methoxy groups -OCH3 is 1. The zero-order valence-corrected chi connectivity index (χ0v) is 10.7. The molecule has 0 amide bonds. The summed E-state index contributed by atoms with van der Waals surface area (Å²) in [7, 11) is 1.41. The average molecular weight is 250 g/mol. The van der Waals surface area contributed by atoms with Gasteiger partial charge in [-0.05, 0) is 36.3 Å². The second-order valence-corrected chi connectivity index (χ2v) is 4.95. The van der Waals surface area contributed by atoms with Crippen LogP contribution in [0.3, 0.4) is 0 Å². The van der Waals surface area contributed by atoms with Gasteiger partial charge < -0.3 is 4.74 Å². The molecule has 2 nitrogen and oxygen atoms in total. The normalized spacial score (nSPS) is 23.7. The molecule has 0 heterocycles. The molecule has 1 aliphatic carbocycles. The SMILES string of the molecule is COC(=O)CC1CCCCC1c1ccccc1F. The van der Waals surface area contributed by atoms with Gasteiger partial charge in [-0.15, -0.1) is 0 Å². The van der Waals surface area contributed by atoms with Crippen LogP contribution in [0.2, 0.25) is 0 Å². The van der Waals surface area contributed by atoms with Crippen LogP contribution in [0.25, 0.3) is 0 Å². The van der Waals surface area contributed by atoms with Crippen molar-refractivity contribution in [2.45, 2.75) is 38.0 Å². The average Bonchev–Trinajstić information content (AvgIpc) is 2.40.